The zero-order valence-corrected chi connectivity index (χ0v) is 16.1. The lowest BCUT2D eigenvalue weighted by molar-refractivity contribution is 0.0512. The predicted molar refractivity (Wildman–Crippen MR) is 102 cm³/mol. The first-order valence-electron chi connectivity index (χ1n) is 9.09. The Morgan fingerprint density at radius 2 is 1.96 bits per heavy atom. The minimum Gasteiger partial charge on any atom is -0.384 e. The molecule has 0 aromatic carbocycles. The molecule has 0 atom stereocenters. The average Bonchev–Trinajstić information content (AvgIpc) is 3.32. The minimum atomic E-state index is -0.147. The first kappa shape index (κ1) is 20.7. The molecule has 2 saturated heterocycles. The maximum atomic E-state index is 12.5. The second kappa shape index (κ2) is 9.39. The Morgan fingerprint density at radius 1 is 1.27 bits per heavy atom. The molecule has 0 saturated carbocycles. The molecule has 0 bridgehead atoms. The quantitative estimate of drug-likeness (QED) is 0.692. The number of methoxy groups -OCH3 is 1. The third-order valence-corrected chi connectivity index (χ3v) is 5.31. The van der Waals surface area contributed by atoms with Crippen molar-refractivity contribution in [1.82, 2.24) is 20.5 Å². The maximum absolute atomic E-state index is 12.5. The van der Waals surface area contributed by atoms with Gasteiger partial charge >= 0.3 is 0 Å². The zero-order valence-electron chi connectivity index (χ0n) is 15.3. The molecule has 0 aliphatic carbocycles. The number of nitrogens with one attached hydrogen (secondary N) is 3. The van der Waals surface area contributed by atoms with Gasteiger partial charge in [0.05, 0.1) is 12.2 Å². The fourth-order valence-electron chi connectivity index (χ4n) is 3.74. The van der Waals surface area contributed by atoms with Crippen LogP contribution in [0.3, 0.4) is 0 Å². The van der Waals surface area contributed by atoms with Gasteiger partial charge in [0.25, 0.3) is 11.8 Å². The lowest BCUT2D eigenvalue weighted by atomic mass is 9.79. The van der Waals surface area contributed by atoms with Crippen molar-refractivity contribution in [2.24, 2.45) is 5.41 Å². The Morgan fingerprint density at radius 3 is 2.62 bits per heavy atom. The van der Waals surface area contributed by atoms with E-state index in [-0.39, 0.29) is 29.6 Å². The largest absolute Gasteiger partial charge is 0.384 e. The van der Waals surface area contributed by atoms with Gasteiger partial charge in [0, 0.05) is 38.4 Å². The van der Waals surface area contributed by atoms with E-state index in [0.29, 0.717) is 24.4 Å². The molecule has 3 N–H and O–H groups in total. The molecule has 1 aromatic rings. The summed E-state index contributed by atoms with van der Waals surface area (Å²) in [5.41, 5.74) is 0.977. The number of carbonyl (C=O) groups excluding carboxylic acids is 2. The smallest absolute Gasteiger partial charge is 0.270 e. The number of hydrogen-bond donors (Lipinski definition) is 3. The van der Waals surface area contributed by atoms with Crippen LogP contribution < -0.4 is 10.6 Å². The molecule has 0 unspecified atom stereocenters. The highest BCUT2D eigenvalue weighted by atomic mass is 35.5. The highest BCUT2D eigenvalue weighted by molar-refractivity contribution is 5.99. The van der Waals surface area contributed by atoms with E-state index in [4.69, 9.17) is 4.74 Å². The van der Waals surface area contributed by atoms with Crippen LogP contribution in [0.4, 0.5) is 0 Å². The van der Waals surface area contributed by atoms with Crippen molar-refractivity contribution in [3.05, 3.63) is 23.5 Å². The van der Waals surface area contributed by atoms with E-state index in [2.05, 4.69) is 15.6 Å². The summed E-state index contributed by atoms with van der Waals surface area (Å²) in [6.07, 6.45) is 5.68. The Bertz CT molecular complexity index is 602. The zero-order chi connectivity index (χ0) is 17.7. The molecule has 0 spiro atoms. The molecule has 0 radical (unpaired) electrons. The van der Waals surface area contributed by atoms with Crippen LogP contribution in [0.5, 0.6) is 0 Å². The van der Waals surface area contributed by atoms with Crippen molar-refractivity contribution in [3.63, 3.8) is 0 Å². The topological polar surface area (TPSA) is 86.5 Å². The Kier molecular flexibility index (Phi) is 7.49. The Labute approximate surface area is 160 Å². The van der Waals surface area contributed by atoms with E-state index in [1.807, 2.05) is 4.90 Å². The second-order valence-electron chi connectivity index (χ2n) is 7.17. The lowest BCUT2D eigenvalue weighted by Gasteiger charge is -2.37. The molecular formula is C18H29ClN4O3. The monoisotopic (exact) mass is 384 g/mol. The summed E-state index contributed by atoms with van der Waals surface area (Å²) in [5, 5.41) is 6.37. The number of hydrogen-bond acceptors (Lipinski definition) is 4. The number of aromatic nitrogens is 1. The van der Waals surface area contributed by atoms with Crippen molar-refractivity contribution in [2.75, 3.05) is 46.4 Å². The van der Waals surface area contributed by atoms with Crippen LogP contribution in [0.25, 0.3) is 0 Å². The lowest BCUT2D eigenvalue weighted by Crippen LogP contribution is -2.47. The summed E-state index contributed by atoms with van der Waals surface area (Å²) >= 11 is 0. The van der Waals surface area contributed by atoms with Crippen molar-refractivity contribution in [2.45, 2.75) is 25.7 Å². The van der Waals surface area contributed by atoms with Gasteiger partial charge in [-0.2, -0.15) is 0 Å². The number of amides is 2. The highest BCUT2D eigenvalue weighted by Crippen LogP contribution is 2.28. The van der Waals surface area contributed by atoms with Crippen molar-refractivity contribution in [1.29, 1.82) is 0 Å². The van der Waals surface area contributed by atoms with E-state index in [1.54, 1.807) is 19.4 Å². The number of aromatic amines is 1. The summed E-state index contributed by atoms with van der Waals surface area (Å²) in [7, 11) is 1.70. The predicted octanol–water partition coefficient (Wildman–Crippen LogP) is 1.42. The van der Waals surface area contributed by atoms with Crippen LogP contribution in [0, 0.1) is 5.41 Å². The first-order chi connectivity index (χ1) is 12.1. The number of nitrogens with zero attached hydrogens (tertiary/aromatic N) is 1. The van der Waals surface area contributed by atoms with Crippen molar-refractivity contribution < 1.29 is 14.3 Å². The number of halogens is 1. The molecule has 7 nitrogen and oxygen atoms in total. The van der Waals surface area contributed by atoms with E-state index in [0.717, 1.165) is 51.9 Å². The van der Waals surface area contributed by atoms with Gasteiger partial charge in [0.2, 0.25) is 0 Å². The van der Waals surface area contributed by atoms with Crippen LogP contribution in [-0.2, 0) is 4.74 Å². The second-order valence-corrected chi connectivity index (χ2v) is 7.17. The maximum Gasteiger partial charge on any atom is 0.270 e. The SMILES string of the molecule is COCC1(CNC(=O)c2c[nH]c(C(=O)N3CCCC3)c2)CCNCC1.Cl. The number of H-pyrrole nitrogens is 1. The molecule has 1 aromatic heterocycles. The summed E-state index contributed by atoms with van der Waals surface area (Å²) in [4.78, 5) is 29.6. The number of likely N-dealkylation sites (tertiary alicyclic amines) is 1. The van der Waals surface area contributed by atoms with Gasteiger partial charge in [-0.25, -0.2) is 0 Å². The van der Waals surface area contributed by atoms with E-state index in [1.165, 1.54) is 0 Å². The number of ether oxygens (including phenoxy) is 1. The molecular weight excluding hydrogens is 356 g/mol. The van der Waals surface area contributed by atoms with Gasteiger partial charge < -0.3 is 25.3 Å². The molecule has 3 rings (SSSR count). The summed E-state index contributed by atoms with van der Waals surface area (Å²) < 4.78 is 5.38. The fourth-order valence-corrected chi connectivity index (χ4v) is 3.74. The van der Waals surface area contributed by atoms with Crippen LogP contribution in [0.2, 0.25) is 0 Å². The summed E-state index contributed by atoms with van der Waals surface area (Å²) in [6.45, 7) is 4.71. The van der Waals surface area contributed by atoms with Gasteiger partial charge in [-0.05, 0) is 44.8 Å². The van der Waals surface area contributed by atoms with Gasteiger partial charge in [0.1, 0.15) is 5.69 Å². The number of carbonyl (C=O) groups is 2. The summed E-state index contributed by atoms with van der Waals surface area (Å²) in [5.74, 6) is -0.170. The third-order valence-electron chi connectivity index (χ3n) is 5.31. The third kappa shape index (κ3) is 4.78. The van der Waals surface area contributed by atoms with Crippen LogP contribution >= 0.6 is 12.4 Å². The molecule has 26 heavy (non-hydrogen) atoms. The first-order valence-corrected chi connectivity index (χ1v) is 9.09. The van der Waals surface area contributed by atoms with E-state index in [9.17, 15) is 9.59 Å². The van der Waals surface area contributed by atoms with Crippen LogP contribution in [-0.4, -0.2) is 68.1 Å². The molecule has 2 amide bonds. The highest BCUT2D eigenvalue weighted by Gasteiger charge is 2.32. The van der Waals surface area contributed by atoms with Gasteiger partial charge in [-0.3, -0.25) is 9.59 Å². The Hall–Kier alpha value is -1.57. The van der Waals surface area contributed by atoms with E-state index < -0.39 is 0 Å². The Balaban J connectivity index is 0.00000243. The van der Waals surface area contributed by atoms with Gasteiger partial charge in [-0.1, -0.05) is 0 Å². The summed E-state index contributed by atoms with van der Waals surface area (Å²) in [6, 6.07) is 1.65. The molecule has 8 heteroatoms. The van der Waals surface area contributed by atoms with Gasteiger partial charge in [-0.15, -0.1) is 12.4 Å². The minimum absolute atomic E-state index is 0. The molecule has 3 heterocycles. The molecule has 2 aliphatic rings. The van der Waals surface area contributed by atoms with Crippen molar-refractivity contribution in [3.8, 4) is 0 Å². The fraction of sp³-hybridized carbons (Fsp3) is 0.667. The average molecular weight is 385 g/mol. The number of piperidine rings is 1. The standard InChI is InChI=1S/C18H28N4O3.ClH/c1-25-13-18(4-6-19-7-5-18)12-21-16(23)14-10-15(20-11-14)17(24)22-8-2-3-9-22;/h10-11,19-20H,2-9,12-13H2,1H3,(H,21,23);1H. The van der Waals surface area contributed by atoms with Crippen molar-refractivity contribution >= 4 is 24.2 Å². The van der Waals surface area contributed by atoms with E-state index >= 15 is 0 Å². The number of rotatable bonds is 6. The molecule has 146 valence electrons. The normalized spacial score (nSPS) is 19.0. The van der Waals surface area contributed by atoms with Crippen LogP contribution in [0.1, 0.15) is 46.5 Å². The van der Waals surface area contributed by atoms with Crippen LogP contribution in [0.15, 0.2) is 12.3 Å². The van der Waals surface area contributed by atoms with Gasteiger partial charge in [0.15, 0.2) is 0 Å². The molecule has 2 fully saturated rings. The molecule has 2 aliphatic heterocycles.